The summed E-state index contributed by atoms with van der Waals surface area (Å²) in [6, 6.07) is 14.5. The minimum Gasteiger partial charge on any atom is -0.497 e. The number of rotatable bonds is 15. The molecule has 0 saturated carbocycles. The lowest BCUT2D eigenvalue weighted by Crippen LogP contribution is -2.51. The summed E-state index contributed by atoms with van der Waals surface area (Å²) in [6.07, 6.45) is -1.50. The van der Waals surface area contributed by atoms with Crippen LogP contribution >= 0.6 is 0 Å². The zero-order chi connectivity index (χ0) is 29.1. The van der Waals surface area contributed by atoms with Gasteiger partial charge in [0.2, 0.25) is 10.0 Å². The molecule has 2 N–H and O–H groups in total. The Kier molecular flexibility index (Phi) is 11.6. The molecule has 3 rings (SSSR count). The molecule has 40 heavy (non-hydrogen) atoms. The van der Waals surface area contributed by atoms with Crippen molar-refractivity contribution in [2.75, 3.05) is 46.5 Å². The summed E-state index contributed by atoms with van der Waals surface area (Å²) in [7, 11) is -2.47. The van der Waals surface area contributed by atoms with Gasteiger partial charge in [-0.3, -0.25) is 0 Å². The van der Waals surface area contributed by atoms with E-state index in [-0.39, 0.29) is 43.5 Å². The molecule has 2 aromatic carbocycles. The molecule has 0 spiro atoms. The number of benzene rings is 2. The highest BCUT2D eigenvalue weighted by molar-refractivity contribution is 7.89. The second kappa shape index (κ2) is 14.9. The molecule has 2 aromatic rings. The largest absolute Gasteiger partial charge is 0.497 e. The third-order valence-corrected chi connectivity index (χ3v) is 8.65. The molecule has 3 atom stereocenters. The molecule has 0 aromatic heterocycles. The lowest BCUT2D eigenvalue weighted by atomic mass is 10.0. The monoisotopic (exact) mass is 577 g/mol. The molecule has 11 nitrogen and oxygen atoms in total. The summed E-state index contributed by atoms with van der Waals surface area (Å²) in [6.45, 7) is 4.71. The summed E-state index contributed by atoms with van der Waals surface area (Å²) in [5.41, 5.74) is 0.846. The first-order valence-electron chi connectivity index (χ1n) is 13.3. The lowest BCUT2D eigenvalue weighted by molar-refractivity contribution is 0.0862. The van der Waals surface area contributed by atoms with Gasteiger partial charge in [-0.2, -0.15) is 4.31 Å². The molecule has 220 valence electrons. The van der Waals surface area contributed by atoms with Crippen molar-refractivity contribution >= 4 is 22.2 Å². The van der Waals surface area contributed by atoms with Crippen LogP contribution in [-0.2, 0) is 25.9 Å². The van der Waals surface area contributed by atoms with E-state index in [4.69, 9.17) is 14.2 Å². The summed E-state index contributed by atoms with van der Waals surface area (Å²) in [5.74, 6) is 0.558. The van der Waals surface area contributed by atoms with Crippen LogP contribution in [-0.4, -0.2) is 93.6 Å². The quantitative estimate of drug-likeness (QED) is 0.330. The fourth-order valence-corrected chi connectivity index (χ4v) is 5.78. The zero-order valence-electron chi connectivity index (χ0n) is 23.2. The number of sulfonamides is 1. The van der Waals surface area contributed by atoms with Crippen LogP contribution in [0.25, 0.3) is 0 Å². The zero-order valence-corrected chi connectivity index (χ0v) is 24.0. The molecule has 0 unspecified atom stereocenters. The number of cyclic esters (lactones) is 1. The van der Waals surface area contributed by atoms with Crippen LogP contribution in [0.2, 0.25) is 0 Å². The number of aliphatic hydroxyl groups is 1. The highest BCUT2D eigenvalue weighted by Gasteiger charge is 2.32. The number of amides is 2. The number of nitrogens with zero attached hydrogens (tertiary/aromatic N) is 2. The number of carbonyl (C=O) groups excluding carboxylic acids is 2. The van der Waals surface area contributed by atoms with Crippen LogP contribution in [0.4, 0.5) is 9.59 Å². The van der Waals surface area contributed by atoms with E-state index in [1.54, 1.807) is 12.1 Å². The number of carbonyl (C=O) groups is 2. The van der Waals surface area contributed by atoms with E-state index in [2.05, 4.69) is 5.32 Å². The summed E-state index contributed by atoms with van der Waals surface area (Å²) >= 11 is 0. The molecule has 0 bridgehead atoms. The highest BCUT2D eigenvalue weighted by atomic mass is 32.2. The number of ether oxygens (including phenoxy) is 3. The molecule has 12 heteroatoms. The van der Waals surface area contributed by atoms with Crippen LogP contribution in [0.15, 0.2) is 59.5 Å². The van der Waals surface area contributed by atoms with Gasteiger partial charge >= 0.3 is 12.2 Å². The Morgan fingerprint density at radius 1 is 1.15 bits per heavy atom. The fraction of sp³-hybridized carbons (Fsp3) is 0.500. The minimum absolute atomic E-state index is 0.0306. The predicted molar refractivity (Wildman–Crippen MR) is 149 cm³/mol. The number of aliphatic hydroxyl groups excluding tert-OH is 1. The molecule has 1 fully saturated rings. The summed E-state index contributed by atoms with van der Waals surface area (Å²) in [5, 5.41) is 14.0. The topological polar surface area (TPSA) is 135 Å². The maximum atomic E-state index is 13.6. The number of alkyl carbamates (subject to hydrolysis) is 1. The van der Waals surface area contributed by atoms with Gasteiger partial charge in [0.25, 0.3) is 0 Å². The van der Waals surface area contributed by atoms with Gasteiger partial charge < -0.3 is 29.5 Å². The van der Waals surface area contributed by atoms with Gasteiger partial charge in [0.15, 0.2) is 0 Å². The third kappa shape index (κ3) is 8.83. The van der Waals surface area contributed by atoms with Gasteiger partial charge in [-0.25, -0.2) is 18.0 Å². The Morgan fingerprint density at radius 3 is 2.45 bits per heavy atom. The maximum absolute atomic E-state index is 13.6. The molecule has 1 aliphatic rings. The third-order valence-electron chi connectivity index (χ3n) is 6.81. The molecule has 2 amide bonds. The van der Waals surface area contributed by atoms with Crippen LogP contribution in [0.1, 0.15) is 25.8 Å². The molecule has 1 aliphatic heterocycles. The maximum Gasteiger partial charge on any atom is 0.410 e. The average molecular weight is 578 g/mol. The van der Waals surface area contributed by atoms with E-state index in [9.17, 15) is 23.1 Å². The molecule has 1 heterocycles. The fourth-order valence-electron chi connectivity index (χ4n) is 4.20. The molecular weight excluding hydrogens is 538 g/mol. The Balaban J connectivity index is 1.76. The molecule has 0 radical (unpaired) electrons. The van der Waals surface area contributed by atoms with E-state index in [1.807, 2.05) is 44.2 Å². The minimum atomic E-state index is -3.97. The number of hydrogen-bond acceptors (Lipinski definition) is 8. The van der Waals surface area contributed by atoms with Crippen molar-refractivity contribution in [1.82, 2.24) is 14.5 Å². The van der Waals surface area contributed by atoms with E-state index >= 15 is 0 Å². The molecule has 0 aliphatic carbocycles. The second-order valence-corrected chi connectivity index (χ2v) is 11.7. The smallest absolute Gasteiger partial charge is 0.410 e. The second-order valence-electron chi connectivity index (χ2n) is 9.76. The van der Waals surface area contributed by atoms with Gasteiger partial charge in [-0.15, -0.1) is 0 Å². The molecular formula is C28H39N3O8S. The number of methoxy groups -OCH3 is 1. The summed E-state index contributed by atoms with van der Waals surface area (Å²) in [4.78, 5) is 25.8. The van der Waals surface area contributed by atoms with Crippen molar-refractivity contribution in [3.8, 4) is 5.75 Å². The normalized spacial score (nSPS) is 15.8. The molecule has 1 saturated heterocycles. The Morgan fingerprint density at radius 2 is 1.85 bits per heavy atom. The SMILES string of the molecule is CC[C@H](C)CN(C[C@@H](O)[C@H](Cc1ccccc1)NC(=O)OCCN1CCOC1=O)S(=O)(=O)c1ccc(OC)cc1. The van der Waals surface area contributed by atoms with Crippen molar-refractivity contribution in [3.05, 3.63) is 60.2 Å². The first kappa shape index (κ1) is 31.2. The first-order valence-corrected chi connectivity index (χ1v) is 14.8. The lowest BCUT2D eigenvalue weighted by Gasteiger charge is -2.31. The average Bonchev–Trinajstić information content (AvgIpc) is 3.36. The van der Waals surface area contributed by atoms with Crippen LogP contribution in [0.3, 0.4) is 0 Å². The Bertz CT molecular complexity index is 1190. The van der Waals surface area contributed by atoms with Crippen molar-refractivity contribution in [2.24, 2.45) is 5.92 Å². The van der Waals surface area contributed by atoms with E-state index in [1.165, 1.54) is 28.4 Å². The first-order chi connectivity index (χ1) is 19.1. The van der Waals surface area contributed by atoms with Gasteiger partial charge in [0.05, 0.1) is 37.2 Å². The Labute approximate surface area is 236 Å². The van der Waals surface area contributed by atoms with Crippen LogP contribution in [0, 0.1) is 5.92 Å². The Hall–Kier alpha value is -3.35. The van der Waals surface area contributed by atoms with Gasteiger partial charge in [-0.1, -0.05) is 50.6 Å². The van der Waals surface area contributed by atoms with Crippen LogP contribution in [0.5, 0.6) is 5.75 Å². The van der Waals surface area contributed by atoms with Crippen molar-refractivity contribution in [2.45, 2.75) is 43.7 Å². The van der Waals surface area contributed by atoms with Gasteiger partial charge in [-0.05, 0) is 42.2 Å². The van der Waals surface area contributed by atoms with Crippen LogP contribution < -0.4 is 10.1 Å². The van der Waals surface area contributed by atoms with Gasteiger partial charge in [0.1, 0.15) is 19.0 Å². The van der Waals surface area contributed by atoms with E-state index in [0.29, 0.717) is 18.9 Å². The predicted octanol–water partition coefficient (Wildman–Crippen LogP) is 2.88. The van der Waals surface area contributed by atoms with E-state index < -0.39 is 34.4 Å². The van der Waals surface area contributed by atoms with Crippen molar-refractivity contribution in [1.29, 1.82) is 0 Å². The van der Waals surface area contributed by atoms with Gasteiger partial charge in [0, 0.05) is 13.1 Å². The standard InChI is InChI=1S/C28H39N3O8S/c1-4-21(2)19-31(40(35,36)24-12-10-23(37-3)11-13-24)20-26(32)25(18-22-8-6-5-7-9-22)29-27(33)38-16-14-30-15-17-39-28(30)34/h5-13,21,25-26,32H,4,14-20H2,1-3H3,(H,29,33)/t21-,25-,26+/m0/s1. The number of nitrogens with one attached hydrogen (secondary N) is 1. The number of hydrogen-bond donors (Lipinski definition) is 2. The summed E-state index contributed by atoms with van der Waals surface area (Å²) < 4.78 is 43.8. The van der Waals surface area contributed by atoms with Crippen molar-refractivity contribution in [3.63, 3.8) is 0 Å². The highest BCUT2D eigenvalue weighted by Crippen LogP contribution is 2.22. The van der Waals surface area contributed by atoms with Crippen molar-refractivity contribution < 1.29 is 37.3 Å². The van der Waals surface area contributed by atoms with E-state index in [0.717, 1.165) is 12.0 Å².